The summed E-state index contributed by atoms with van der Waals surface area (Å²) in [5.74, 6) is 0.911. The van der Waals surface area contributed by atoms with Crippen LogP contribution < -0.4 is 10.6 Å². The number of carbonyl (C=O) groups is 2. The summed E-state index contributed by atoms with van der Waals surface area (Å²) in [5, 5.41) is 6.45. The highest BCUT2D eigenvalue weighted by Gasteiger charge is 2.24. The van der Waals surface area contributed by atoms with Crippen molar-refractivity contribution in [3.05, 3.63) is 35.4 Å². The molecule has 1 aromatic rings. The second-order valence-electron chi connectivity index (χ2n) is 8.07. The van der Waals surface area contributed by atoms with Gasteiger partial charge in [0.15, 0.2) is 0 Å². The van der Waals surface area contributed by atoms with E-state index in [9.17, 15) is 9.59 Å². The molecule has 0 aromatic heterocycles. The molecule has 6 heteroatoms. The number of carbonyl (C=O) groups excluding carboxylic acids is 2. The number of amides is 3. The lowest BCUT2D eigenvalue weighted by Crippen LogP contribution is -2.53. The summed E-state index contributed by atoms with van der Waals surface area (Å²) in [6.45, 7) is 7.44. The second-order valence-corrected chi connectivity index (χ2v) is 8.07. The van der Waals surface area contributed by atoms with Gasteiger partial charge in [-0.25, -0.2) is 4.79 Å². The van der Waals surface area contributed by atoms with Crippen LogP contribution in [0, 0.1) is 12.8 Å². The first-order chi connectivity index (χ1) is 13.6. The van der Waals surface area contributed by atoms with Gasteiger partial charge < -0.3 is 20.4 Å². The van der Waals surface area contributed by atoms with Crippen molar-refractivity contribution in [3.8, 4) is 0 Å². The Hall–Kier alpha value is -2.08. The largest absolute Gasteiger partial charge is 0.338 e. The van der Waals surface area contributed by atoms with Crippen LogP contribution in [0.25, 0.3) is 0 Å². The van der Waals surface area contributed by atoms with Crippen LogP contribution in [0.1, 0.15) is 48.0 Å². The second kappa shape index (κ2) is 10.5. The molecule has 1 aromatic carbocycles. The number of piperazine rings is 1. The topological polar surface area (TPSA) is 64.7 Å². The van der Waals surface area contributed by atoms with Crippen molar-refractivity contribution in [2.45, 2.75) is 39.0 Å². The number of nitrogens with one attached hydrogen (secondary N) is 2. The van der Waals surface area contributed by atoms with Gasteiger partial charge in [0, 0.05) is 38.3 Å². The van der Waals surface area contributed by atoms with Crippen molar-refractivity contribution in [2.75, 3.05) is 45.8 Å². The zero-order valence-electron chi connectivity index (χ0n) is 17.1. The van der Waals surface area contributed by atoms with Gasteiger partial charge in [-0.2, -0.15) is 0 Å². The highest BCUT2D eigenvalue weighted by Crippen LogP contribution is 2.18. The Balaban J connectivity index is 1.31. The van der Waals surface area contributed by atoms with Crippen LogP contribution in [0.3, 0.4) is 0 Å². The summed E-state index contributed by atoms with van der Waals surface area (Å²) in [5.41, 5.74) is 1.87. The molecule has 6 nitrogen and oxygen atoms in total. The molecule has 3 rings (SSSR count). The average molecular weight is 387 g/mol. The minimum Gasteiger partial charge on any atom is -0.338 e. The molecule has 2 N–H and O–H groups in total. The van der Waals surface area contributed by atoms with Gasteiger partial charge in [0.25, 0.3) is 5.91 Å². The number of piperidine rings is 1. The Bertz CT molecular complexity index is 632. The molecule has 0 aliphatic carbocycles. The van der Waals surface area contributed by atoms with Crippen molar-refractivity contribution in [1.29, 1.82) is 0 Å². The smallest absolute Gasteiger partial charge is 0.317 e. The molecule has 3 amide bonds. The molecule has 0 saturated carbocycles. The number of unbranched alkanes of at least 4 members (excludes halogenated alkanes) is 1. The summed E-state index contributed by atoms with van der Waals surface area (Å²) < 4.78 is 0. The quantitative estimate of drug-likeness (QED) is 0.739. The third kappa shape index (κ3) is 5.96. The number of nitrogens with zero attached hydrogens (tertiary/aromatic N) is 2. The van der Waals surface area contributed by atoms with Gasteiger partial charge in [-0.05, 0) is 57.3 Å². The predicted molar refractivity (Wildman–Crippen MR) is 111 cm³/mol. The molecule has 28 heavy (non-hydrogen) atoms. The predicted octanol–water partition coefficient (Wildman–Crippen LogP) is 2.63. The van der Waals surface area contributed by atoms with Crippen molar-refractivity contribution in [3.63, 3.8) is 0 Å². The molecule has 2 aliphatic rings. The monoisotopic (exact) mass is 386 g/mol. The zero-order valence-corrected chi connectivity index (χ0v) is 17.1. The molecule has 2 aliphatic heterocycles. The minimum atomic E-state index is 0.00398. The van der Waals surface area contributed by atoms with Crippen molar-refractivity contribution in [2.24, 2.45) is 5.92 Å². The van der Waals surface area contributed by atoms with E-state index < -0.39 is 0 Å². The molecule has 2 saturated heterocycles. The van der Waals surface area contributed by atoms with E-state index in [1.807, 2.05) is 41.0 Å². The van der Waals surface area contributed by atoms with Gasteiger partial charge in [0.1, 0.15) is 0 Å². The SMILES string of the molecule is Cc1ccc(C(=O)N2CCN(C(=O)NCCCCC3CCNCC3)CC2)cc1. The molecule has 0 radical (unpaired) electrons. The molecular weight excluding hydrogens is 352 g/mol. The molecule has 0 unspecified atom stereocenters. The molecule has 0 atom stereocenters. The Morgan fingerprint density at radius 3 is 2.32 bits per heavy atom. The van der Waals surface area contributed by atoms with Crippen molar-refractivity contribution >= 4 is 11.9 Å². The maximum atomic E-state index is 12.6. The first kappa shape index (κ1) is 20.6. The van der Waals surface area contributed by atoms with Crippen molar-refractivity contribution in [1.82, 2.24) is 20.4 Å². The van der Waals surface area contributed by atoms with Crippen LogP contribution in [0.4, 0.5) is 4.79 Å². The lowest BCUT2D eigenvalue weighted by Gasteiger charge is -2.34. The summed E-state index contributed by atoms with van der Waals surface area (Å²) >= 11 is 0. The maximum absolute atomic E-state index is 12.6. The maximum Gasteiger partial charge on any atom is 0.317 e. The van der Waals surface area contributed by atoms with E-state index in [2.05, 4.69) is 10.6 Å². The number of hydrogen-bond donors (Lipinski definition) is 2. The van der Waals surface area contributed by atoms with Gasteiger partial charge in [-0.15, -0.1) is 0 Å². The van der Waals surface area contributed by atoms with E-state index in [1.165, 1.54) is 25.7 Å². The van der Waals surface area contributed by atoms with E-state index in [4.69, 9.17) is 0 Å². The Morgan fingerprint density at radius 1 is 1.00 bits per heavy atom. The average Bonchev–Trinajstić information content (AvgIpc) is 2.74. The van der Waals surface area contributed by atoms with Crippen LogP contribution in [0.15, 0.2) is 24.3 Å². The van der Waals surface area contributed by atoms with Crippen LogP contribution in [-0.4, -0.2) is 67.6 Å². The summed E-state index contributed by atoms with van der Waals surface area (Å²) in [4.78, 5) is 28.6. The molecule has 154 valence electrons. The fourth-order valence-corrected chi connectivity index (χ4v) is 4.03. The molecule has 0 bridgehead atoms. The first-order valence-corrected chi connectivity index (χ1v) is 10.7. The van der Waals surface area contributed by atoms with Gasteiger partial charge >= 0.3 is 6.03 Å². The minimum absolute atomic E-state index is 0.00398. The number of urea groups is 1. The molecule has 2 fully saturated rings. The Labute approximate surface area is 168 Å². The number of hydrogen-bond acceptors (Lipinski definition) is 3. The van der Waals surface area contributed by atoms with E-state index >= 15 is 0 Å². The van der Waals surface area contributed by atoms with Gasteiger partial charge in [-0.3, -0.25) is 4.79 Å². The molecule has 2 heterocycles. The lowest BCUT2D eigenvalue weighted by atomic mass is 9.92. The third-order valence-electron chi connectivity index (χ3n) is 5.93. The Morgan fingerprint density at radius 2 is 1.64 bits per heavy atom. The normalized spacial score (nSPS) is 18.2. The number of aryl methyl sites for hydroxylation is 1. The highest BCUT2D eigenvalue weighted by atomic mass is 16.2. The van der Waals surface area contributed by atoms with Gasteiger partial charge in [-0.1, -0.05) is 30.5 Å². The highest BCUT2D eigenvalue weighted by molar-refractivity contribution is 5.94. The van der Waals surface area contributed by atoms with Crippen LogP contribution in [0.2, 0.25) is 0 Å². The van der Waals surface area contributed by atoms with E-state index in [-0.39, 0.29) is 11.9 Å². The lowest BCUT2D eigenvalue weighted by molar-refractivity contribution is 0.0665. The van der Waals surface area contributed by atoms with E-state index in [0.717, 1.165) is 43.1 Å². The summed E-state index contributed by atoms with van der Waals surface area (Å²) in [7, 11) is 0. The summed E-state index contributed by atoms with van der Waals surface area (Å²) in [6, 6.07) is 7.68. The van der Waals surface area contributed by atoms with Crippen molar-refractivity contribution < 1.29 is 9.59 Å². The fraction of sp³-hybridized carbons (Fsp3) is 0.636. The van der Waals surface area contributed by atoms with Gasteiger partial charge in [0.05, 0.1) is 0 Å². The zero-order chi connectivity index (χ0) is 19.8. The van der Waals surface area contributed by atoms with E-state index in [0.29, 0.717) is 26.2 Å². The van der Waals surface area contributed by atoms with Crippen LogP contribution in [-0.2, 0) is 0 Å². The fourth-order valence-electron chi connectivity index (χ4n) is 4.03. The Kier molecular flexibility index (Phi) is 7.71. The molecule has 0 spiro atoms. The number of rotatable bonds is 6. The third-order valence-corrected chi connectivity index (χ3v) is 5.93. The van der Waals surface area contributed by atoms with Crippen LogP contribution in [0.5, 0.6) is 0 Å². The first-order valence-electron chi connectivity index (χ1n) is 10.7. The number of benzene rings is 1. The molecular formula is C22H34N4O2. The van der Waals surface area contributed by atoms with Gasteiger partial charge in [0.2, 0.25) is 0 Å². The standard InChI is InChI=1S/C22H34N4O2/c1-18-5-7-20(8-6-18)21(27)25-14-16-26(17-15-25)22(28)24-11-3-2-4-19-9-12-23-13-10-19/h5-8,19,23H,2-4,9-17H2,1H3,(H,24,28). The van der Waals surface area contributed by atoms with E-state index in [1.54, 1.807) is 0 Å². The summed E-state index contributed by atoms with van der Waals surface area (Å²) in [6.07, 6.45) is 6.08. The van der Waals surface area contributed by atoms with Crippen LogP contribution >= 0.6 is 0 Å².